The first kappa shape index (κ1) is 14.3. The number of hydrogen-bond donors (Lipinski definition) is 2. The van der Waals surface area contributed by atoms with Crippen molar-refractivity contribution in [3.8, 4) is 0 Å². The summed E-state index contributed by atoms with van der Waals surface area (Å²) in [5, 5.41) is 12.9. The van der Waals surface area contributed by atoms with Gasteiger partial charge < -0.3 is 10.4 Å². The molecule has 0 heterocycles. The molecule has 4 rings (SSSR count). The van der Waals surface area contributed by atoms with Crippen LogP contribution in [0.1, 0.15) is 42.7 Å². The molecule has 118 valence electrons. The number of amides is 1. The summed E-state index contributed by atoms with van der Waals surface area (Å²) in [5.41, 5.74) is 2.62. The van der Waals surface area contributed by atoms with Gasteiger partial charge in [0.15, 0.2) is 0 Å². The molecular weight excluding hydrogens is 274 g/mol. The average molecular weight is 299 g/mol. The van der Waals surface area contributed by atoms with E-state index in [9.17, 15) is 9.90 Å². The number of nitrogens with one attached hydrogen (secondary N) is 1. The first-order chi connectivity index (χ1) is 10.7. The summed E-state index contributed by atoms with van der Waals surface area (Å²) in [6.07, 6.45) is 4.62. The van der Waals surface area contributed by atoms with Crippen LogP contribution in [0.5, 0.6) is 0 Å². The first-order valence-corrected chi connectivity index (χ1v) is 8.65. The molecule has 1 aromatic rings. The highest BCUT2D eigenvalue weighted by Gasteiger charge is 2.50. The lowest BCUT2D eigenvalue weighted by molar-refractivity contribution is -0.124. The lowest BCUT2D eigenvalue weighted by atomic mass is 9.85. The van der Waals surface area contributed by atoms with E-state index in [1.165, 1.54) is 30.4 Å². The molecule has 3 nitrogen and oxygen atoms in total. The van der Waals surface area contributed by atoms with E-state index in [2.05, 4.69) is 36.5 Å². The van der Waals surface area contributed by atoms with Gasteiger partial charge in [-0.25, -0.2) is 0 Å². The van der Waals surface area contributed by atoms with Gasteiger partial charge in [-0.1, -0.05) is 24.3 Å². The third kappa shape index (κ3) is 2.26. The molecule has 0 aliphatic heterocycles. The summed E-state index contributed by atoms with van der Waals surface area (Å²) in [6.45, 7) is 2.35. The molecule has 3 saturated carbocycles. The number of aliphatic hydroxyl groups excluding tert-OH is 1. The fraction of sp³-hybridized carbons (Fsp3) is 0.632. The number of hydrogen-bond acceptors (Lipinski definition) is 2. The number of carbonyl (C=O) groups excluding carboxylic acids is 1. The molecule has 3 aliphatic carbocycles. The molecule has 3 fully saturated rings. The van der Waals surface area contributed by atoms with Crippen LogP contribution in [0.15, 0.2) is 24.3 Å². The van der Waals surface area contributed by atoms with Crippen molar-refractivity contribution in [3.05, 3.63) is 35.4 Å². The number of carbonyl (C=O) groups is 1. The Kier molecular flexibility index (Phi) is 3.48. The zero-order chi connectivity index (χ0) is 15.3. The molecule has 0 aromatic heterocycles. The standard InChI is InChI=1S/C19H25NO2/c1-11-4-2-3-5-14(11)15-9-16(15)19(22)20-18-13-7-6-12(8-13)17(18)10-21/h2-5,12-13,15-18,21H,6-10H2,1H3,(H,20,22). The van der Waals surface area contributed by atoms with Crippen LogP contribution in [0, 0.1) is 30.6 Å². The molecule has 0 spiro atoms. The normalized spacial score (nSPS) is 39.0. The van der Waals surface area contributed by atoms with Crippen LogP contribution in [0.3, 0.4) is 0 Å². The lowest BCUT2D eigenvalue weighted by Crippen LogP contribution is -2.46. The van der Waals surface area contributed by atoms with Gasteiger partial charge >= 0.3 is 0 Å². The summed E-state index contributed by atoms with van der Waals surface area (Å²) in [7, 11) is 0. The summed E-state index contributed by atoms with van der Waals surface area (Å²) < 4.78 is 0. The summed E-state index contributed by atoms with van der Waals surface area (Å²) >= 11 is 0. The maximum Gasteiger partial charge on any atom is 0.223 e. The van der Waals surface area contributed by atoms with Gasteiger partial charge in [-0.15, -0.1) is 0 Å². The van der Waals surface area contributed by atoms with Crippen molar-refractivity contribution in [1.29, 1.82) is 0 Å². The molecular formula is C19H25NO2. The Morgan fingerprint density at radius 3 is 2.77 bits per heavy atom. The third-order valence-corrected chi connectivity index (χ3v) is 6.32. The van der Waals surface area contributed by atoms with Crippen LogP contribution in [-0.4, -0.2) is 23.7 Å². The first-order valence-electron chi connectivity index (χ1n) is 8.65. The predicted octanol–water partition coefficient (Wildman–Crippen LogP) is 2.62. The van der Waals surface area contributed by atoms with Crippen LogP contribution >= 0.6 is 0 Å². The number of fused-ring (bicyclic) bond motifs is 2. The second-order valence-corrected chi connectivity index (χ2v) is 7.52. The minimum Gasteiger partial charge on any atom is -0.396 e. The Labute approximate surface area is 132 Å². The Bertz CT molecular complexity index is 585. The van der Waals surface area contributed by atoms with E-state index < -0.39 is 0 Å². The van der Waals surface area contributed by atoms with Crippen LogP contribution < -0.4 is 5.32 Å². The molecule has 0 radical (unpaired) electrons. The van der Waals surface area contributed by atoms with Gasteiger partial charge in [0.25, 0.3) is 0 Å². The molecule has 6 atom stereocenters. The fourth-order valence-electron chi connectivity index (χ4n) is 5.00. The van der Waals surface area contributed by atoms with E-state index in [1.807, 2.05) is 0 Å². The average Bonchev–Trinajstić information content (AvgIpc) is 3.06. The number of aryl methyl sites for hydroxylation is 1. The van der Waals surface area contributed by atoms with Gasteiger partial charge in [0.1, 0.15) is 0 Å². The van der Waals surface area contributed by atoms with Crippen molar-refractivity contribution in [2.24, 2.45) is 23.7 Å². The maximum absolute atomic E-state index is 12.6. The second-order valence-electron chi connectivity index (χ2n) is 7.52. The number of benzene rings is 1. The highest BCUT2D eigenvalue weighted by atomic mass is 16.3. The Hall–Kier alpha value is -1.35. The minimum atomic E-state index is 0.138. The fourth-order valence-corrected chi connectivity index (χ4v) is 5.00. The van der Waals surface area contributed by atoms with E-state index in [0.717, 1.165) is 6.42 Å². The van der Waals surface area contributed by atoms with Gasteiger partial charge in [-0.3, -0.25) is 4.79 Å². The van der Waals surface area contributed by atoms with Crippen molar-refractivity contribution in [2.75, 3.05) is 6.61 Å². The summed E-state index contributed by atoms with van der Waals surface area (Å²) in [5.74, 6) is 2.27. The molecule has 1 amide bonds. The Balaban J connectivity index is 1.41. The van der Waals surface area contributed by atoms with Crippen molar-refractivity contribution >= 4 is 5.91 Å². The molecule has 22 heavy (non-hydrogen) atoms. The molecule has 3 aliphatic rings. The number of rotatable bonds is 4. The van der Waals surface area contributed by atoms with Crippen molar-refractivity contribution in [3.63, 3.8) is 0 Å². The molecule has 3 heteroatoms. The van der Waals surface area contributed by atoms with Crippen LogP contribution in [0.2, 0.25) is 0 Å². The SMILES string of the molecule is Cc1ccccc1C1CC1C(=O)NC1C2CCC(C2)C1CO. The predicted molar refractivity (Wildman–Crippen MR) is 85.4 cm³/mol. The van der Waals surface area contributed by atoms with E-state index in [0.29, 0.717) is 23.7 Å². The van der Waals surface area contributed by atoms with E-state index >= 15 is 0 Å². The molecule has 2 N–H and O–H groups in total. The minimum absolute atomic E-state index is 0.138. The summed E-state index contributed by atoms with van der Waals surface area (Å²) in [4.78, 5) is 12.6. The smallest absolute Gasteiger partial charge is 0.223 e. The van der Waals surface area contributed by atoms with Crippen molar-refractivity contribution in [1.82, 2.24) is 5.32 Å². The number of aliphatic hydroxyl groups is 1. The summed E-state index contributed by atoms with van der Waals surface area (Å²) in [6, 6.07) is 8.61. The quantitative estimate of drug-likeness (QED) is 0.898. The molecule has 2 bridgehead atoms. The Morgan fingerprint density at radius 2 is 2.00 bits per heavy atom. The second kappa shape index (κ2) is 5.38. The van der Waals surface area contributed by atoms with Crippen LogP contribution in [-0.2, 0) is 4.79 Å². The molecule has 1 aromatic carbocycles. The zero-order valence-corrected chi connectivity index (χ0v) is 13.2. The van der Waals surface area contributed by atoms with Gasteiger partial charge in [0, 0.05) is 24.5 Å². The van der Waals surface area contributed by atoms with E-state index in [1.54, 1.807) is 0 Å². The lowest BCUT2D eigenvalue weighted by Gasteiger charge is -2.30. The van der Waals surface area contributed by atoms with Gasteiger partial charge in [0.05, 0.1) is 0 Å². The van der Waals surface area contributed by atoms with E-state index in [4.69, 9.17) is 0 Å². The highest BCUT2D eigenvalue weighted by molar-refractivity contribution is 5.83. The molecule has 0 saturated heterocycles. The van der Waals surface area contributed by atoms with Gasteiger partial charge in [-0.05, 0) is 61.5 Å². The van der Waals surface area contributed by atoms with Gasteiger partial charge in [-0.2, -0.15) is 0 Å². The largest absolute Gasteiger partial charge is 0.396 e. The Morgan fingerprint density at radius 1 is 1.23 bits per heavy atom. The topological polar surface area (TPSA) is 49.3 Å². The highest BCUT2D eigenvalue weighted by Crippen LogP contribution is 2.51. The maximum atomic E-state index is 12.6. The monoisotopic (exact) mass is 299 g/mol. The van der Waals surface area contributed by atoms with Crippen LogP contribution in [0.25, 0.3) is 0 Å². The van der Waals surface area contributed by atoms with Crippen molar-refractivity contribution in [2.45, 2.75) is 44.6 Å². The van der Waals surface area contributed by atoms with Crippen molar-refractivity contribution < 1.29 is 9.90 Å². The van der Waals surface area contributed by atoms with E-state index in [-0.39, 0.29) is 24.5 Å². The van der Waals surface area contributed by atoms with Gasteiger partial charge in [0.2, 0.25) is 5.91 Å². The third-order valence-electron chi connectivity index (χ3n) is 6.32. The zero-order valence-electron chi connectivity index (χ0n) is 13.2. The molecule has 6 unspecified atom stereocenters. The van der Waals surface area contributed by atoms with Crippen LogP contribution in [0.4, 0.5) is 0 Å².